The summed E-state index contributed by atoms with van der Waals surface area (Å²) in [6, 6.07) is 4.77. The lowest BCUT2D eigenvalue weighted by Crippen LogP contribution is -2.45. The van der Waals surface area contributed by atoms with Crippen molar-refractivity contribution in [3.8, 4) is 0 Å². The Morgan fingerprint density at radius 1 is 1.36 bits per heavy atom. The Kier molecular flexibility index (Phi) is 5.34. The van der Waals surface area contributed by atoms with Crippen LogP contribution in [-0.2, 0) is 9.47 Å². The maximum atomic E-state index is 14.2. The number of benzene rings is 1. The maximum absolute atomic E-state index is 14.2. The lowest BCUT2D eigenvalue weighted by atomic mass is 9.96. The third kappa shape index (κ3) is 4.33. The number of carbonyl (C=O) groups is 1. The van der Waals surface area contributed by atoms with Gasteiger partial charge in [-0.1, -0.05) is 11.5 Å². The van der Waals surface area contributed by atoms with Crippen molar-refractivity contribution in [2.75, 3.05) is 31.1 Å². The molecule has 2 fully saturated rings. The van der Waals surface area contributed by atoms with Crippen molar-refractivity contribution in [1.29, 1.82) is 0 Å². The highest BCUT2D eigenvalue weighted by molar-refractivity contribution is 6.32. The highest BCUT2D eigenvalue weighted by Crippen LogP contribution is 2.26. The van der Waals surface area contributed by atoms with E-state index in [4.69, 9.17) is 9.47 Å². The molecule has 0 aliphatic carbocycles. The highest BCUT2D eigenvalue weighted by Gasteiger charge is 2.36. The number of carbonyl (C=O) groups excluding carboxylic acids is 1. The molecule has 2 aliphatic rings. The summed E-state index contributed by atoms with van der Waals surface area (Å²) in [4.78, 5) is 15.9. The van der Waals surface area contributed by atoms with Crippen molar-refractivity contribution in [3.63, 3.8) is 0 Å². The van der Waals surface area contributed by atoms with E-state index in [2.05, 4.69) is 0 Å². The van der Waals surface area contributed by atoms with Gasteiger partial charge in [0.15, 0.2) is 6.29 Å². The fourth-order valence-corrected chi connectivity index (χ4v) is 3.44. The molecule has 0 N–H and O–H groups in total. The molecule has 2 saturated heterocycles. The number of hydrogen-bond donors (Lipinski definition) is 0. The van der Waals surface area contributed by atoms with E-state index in [0.717, 1.165) is 31.3 Å². The van der Waals surface area contributed by atoms with Crippen LogP contribution in [0.3, 0.4) is 0 Å². The number of halogens is 1. The van der Waals surface area contributed by atoms with E-state index < -0.39 is 5.60 Å². The molecular formula is C18H26BFN2O3. The molecule has 5 nitrogen and oxygen atoms in total. The van der Waals surface area contributed by atoms with Crippen LogP contribution >= 0.6 is 0 Å². The Labute approximate surface area is 149 Å². The van der Waals surface area contributed by atoms with Crippen LogP contribution in [0.5, 0.6) is 0 Å². The average molecular weight is 348 g/mol. The molecule has 1 aromatic rings. The highest BCUT2D eigenvalue weighted by atomic mass is 19.1. The van der Waals surface area contributed by atoms with Crippen LogP contribution in [0.2, 0.25) is 0 Å². The van der Waals surface area contributed by atoms with Gasteiger partial charge in [-0.2, -0.15) is 0 Å². The number of rotatable bonds is 5. The molecule has 7 heteroatoms. The third-order valence-corrected chi connectivity index (χ3v) is 4.65. The normalized spacial score (nSPS) is 21.9. The Bertz CT molecular complexity index is 635. The molecule has 0 radical (unpaired) electrons. The fraction of sp³-hybridized carbons (Fsp3) is 0.611. The number of amides is 2. The third-order valence-electron chi connectivity index (χ3n) is 4.65. The van der Waals surface area contributed by atoms with Crippen molar-refractivity contribution in [3.05, 3.63) is 24.0 Å². The summed E-state index contributed by atoms with van der Waals surface area (Å²) >= 11 is 0. The first kappa shape index (κ1) is 18.2. The first-order valence-electron chi connectivity index (χ1n) is 8.98. The molecule has 2 heterocycles. The topological polar surface area (TPSA) is 42.0 Å². The van der Waals surface area contributed by atoms with Crippen molar-refractivity contribution < 1.29 is 18.7 Å². The predicted molar refractivity (Wildman–Crippen MR) is 97.6 cm³/mol. The zero-order valence-electron chi connectivity index (χ0n) is 15.3. The van der Waals surface area contributed by atoms with Gasteiger partial charge in [-0.25, -0.2) is 9.18 Å². The summed E-state index contributed by atoms with van der Waals surface area (Å²) in [5.74, 6) is -0.360. The maximum Gasteiger partial charge on any atom is 0.324 e. The van der Waals surface area contributed by atoms with Crippen LogP contribution in [-0.4, -0.2) is 56.9 Å². The molecule has 2 amide bonds. The summed E-state index contributed by atoms with van der Waals surface area (Å²) in [5.41, 5.74) is 0.665. The Morgan fingerprint density at radius 3 is 2.84 bits per heavy atom. The molecule has 136 valence electrons. The van der Waals surface area contributed by atoms with Gasteiger partial charge < -0.3 is 14.4 Å². The number of urea groups is 1. The van der Waals surface area contributed by atoms with Gasteiger partial charge in [0.05, 0.1) is 17.8 Å². The van der Waals surface area contributed by atoms with E-state index in [9.17, 15) is 9.18 Å². The van der Waals surface area contributed by atoms with Crippen LogP contribution in [0, 0.1) is 5.82 Å². The fourth-order valence-electron chi connectivity index (χ4n) is 3.44. The molecule has 0 spiro atoms. The van der Waals surface area contributed by atoms with Gasteiger partial charge in [0.25, 0.3) is 0 Å². The summed E-state index contributed by atoms with van der Waals surface area (Å²) in [6.07, 6.45) is 2.86. The second-order valence-corrected chi connectivity index (χ2v) is 7.48. The average Bonchev–Trinajstić information content (AvgIpc) is 2.88. The molecule has 1 unspecified atom stereocenters. The molecule has 3 rings (SSSR count). The Morgan fingerprint density at radius 2 is 2.16 bits per heavy atom. The van der Waals surface area contributed by atoms with E-state index >= 15 is 0 Å². The van der Waals surface area contributed by atoms with Crippen LogP contribution in [0.1, 0.15) is 33.1 Å². The zero-order chi connectivity index (χ0) is 18.0. The van der Waals surface area contributed by atoms with Gasteiger partial charge in [-0.3, -0.25) is 4.90 Å². The smallest absolute Gasteiger partial charge is 0.324 e. The summed E-state index contributed by atoms with van der Waals surface area (Å²) in [7, 11) is 1.83. The van der Waals surface area contributed by atoms with Gasteiger partial charge in [-0.05, 0) is 45.2 Å². The van der Waals surface area contributed by atoms with E-state index in [1.165, 1.54) is 11.0 Å². The molecule has 25 heavy (non-hydrogen) atoms. The number of ether oxygens (including phenoxy) is 2. The van der Waals surface area contributed by atoms with Crippen molar-refractivity contribution in [1.82, 2.24) is 4.90 Å². The lowest BCUT2D eigenvalue weighted by Gasteiger charge is -2.35. The van der Waals surface area contributed by atoms with Gasteiger partial charge in [0.2, 0.25) is 0 Å². The van der Waals surface area contributed by atoms with E-state index in [-0.39, 0.29) is 18.1 Å². The number of hydrogen-bond acceptors (Lipinski definition) is 3. The predicted octanol–water partition coefficient (Wildman–Crippen LogP) is 1.65. The minimum atomic E-state index is -0.514. The first-order valence-corrected chi connectivity index (χ1v) is 8.98. The van der Waals surface area contributed by atoms with Gasteiger partial charge in [0.1, 0.15) is 13.7 Å². The minimum Gasteiger partial charge on any atom is -0.353 e. The standard InChI is InChI=1S/C18H26BFN2O3/c1-18(2,25-16-5-3-4-10-24-16)12-21-8-9-22(17(21)23)15-7-6-13(19)11-14(15)20/h6-7,11,16H,3-5,8-10,12,19H2,1-2H3. The van der Waals surface area contributed by atoms with Crippen LogP contribution in [0.15, 0.2) is 18.2 Å². The summed E-state index contributed by atoms with van der Waals surface area (Å²) < 4.78 is 25.9. The quantitative estimate of drug-likeness (QED) is 0.760. The van der Waals surface area contributed by atoms with Crippen molar-refractivity contribution in [2.24, 2.45) is 0 Å². The van der Waals surface area contributed by atoms with E-state index in [0.29, 0.717) is 25.3 Å². The minimum absolute atomic E-state index is 0.177. The Hall–Kier alpha value is -1.60. The second-order valence-electron chi connectivity index (χ2n) is 7.48. The molecule has 0 bridgehead atoms. The number of nitrogens with zero attached hydrogens (tertiary/aromatic N) is 2. The van der Waals surface area contributed by atoms with Gasteiger partial charge in [-0.15, -0.1) is 0 Å². The molecule has 1 aromatic carbocycles. The summed E-state index contributed by atoms with van der Waals surface area (Å²) in [5, 5.41) is 0. The SMILES string of the molecule is Bc1ccc(N2CCN(CC(C)(C)OC3CCCCO3)C2=O)c(F)c1. The van der Waals surface area contributed by atoms with Crippen LogP contribution < -0.4 is 10.4 Å². The monoisotopic (exact) mass is 348 g/mol. The van der Waals surface area contributed by atoms with Crippen molar-refractivity contribution in [2.45, 2.75) is 45.0 Å². The largest absolute Gasteiger partial charge is 0.353 e. The zero-order valence-corrected chi connectivity index (χ0v) is 15.3. The van der Waals surface area contributed by atoms with Gasteiger partial charge in [0, 0.05) is 19.7 Å². The molecule has 1 atom stereocenters. The second kappa shape index (κ2) is 7.34. The Balaban J connectivity index is 1.63. The van der Waals surface area contributed by atoms with E-state index in [1.54, 1.807) is 11.0 Å². The van der Waals surface area contributed by atoms with E-state index in [1.807, 2.05) is 27.8 Å². The van der Waals surface area contributed by atoms with Crippen LogP contribution in [0.25, 0.3) is 0 Å². The summed E-state index contributed by atoms with van der Waals surface area (Å²) in [6.45, 7) is 6.15. The van der Waals surface area contributed by atoms with Crippen LogP contribution in [0.4, 0.5) is 14.9 Å². The van der Waals surface area contributed by atoms with Crippen molar-refractivity contribution >= 4 is 25.0 Å². The first-order chi connectivity index (χ1) is 11.9. The molecule has 0 saturated carbocycles. The molecular weight excluding hydrogens is 322 g/mol. The molecule has 0 aromatic heterocycles. The number of anilines is 1. The van der Waals surface area contributed by atoms with Gasteiger partial charge >= 0.3 is 6.03 Å². The molecule has 2 aliphatic heterocycles. The lowest BCUT2D eigenvalue weighted by molar-refractivity contribution is -0.217.